The van der Waals surface area contributed by atoms with E-state index in [9.17, 15) is 13.6 Å². The number of rotatable bonds is 5. The summed E-state index contributed by atoms with van der Waals surface area (Å²) in [6.45, 7) is 2.17. The SMILES string of the molecule is O=C(c1csc(-c2ccccc2OCc2cc(F)cc(F)c2)n1)N1CCOCC1. The largest absolute Gasteiger partial charge is 0.488 e. The highest BCUT2D eigenvalue weighted by molar-refractivity contribution is 7.13. The molecular weight excluding hydrogens is 398 g/mol. The second-order valence-electron chi connectivity index (χ2n) is 6.51. The van der Waals surface area contributed by atoms with Crippen LogP contribution >= 0.6 is 11.3 Å². The molecule has 0 N–H and O–H groups in total. The first kappa shape index (κ1) is 19.5. The van der Waals surface area contributed by atoms with Gasteiger partial charge in [-0.05, 0) is 29.8 Å². The van der Waals surface area contributed by atoms with E-state index in [2.05, 4.69) is 4.98 Å². The van der Waals surface area contributed by atoms with Gasteiger partial charge in [0.25, 0.3) is 5.91 Å². The van der Waals surface area contributed by atoms with Crippen LogP contribution in [-0.2, 0) is 11.3 Å². The molecule has 1 aromatic heterocycles. The van der Waals surface area contributed by atoms with Crippen LogP contribution in [0.25, 0.3) is 10.6 Å². The van der Waals surface area contributed by atoms with Crippen molar-refractivity contribution in [1.82, 2.24) is 9.88 Å². The maximum atomic E-state index is 13.4. The van der Waals surface area contributed by atoms with Gasteiger partial charge in [0.05, 0.1) is 18.8 Å². The standard InChI is InChI=1S/C21H18F2N2O3S/c22-15-9-14(10-16(23)11-15)12-28-19-4-2-1-3-17(19)20-24-18(13-29-20)21(26)25-5-7-27-8-6-25/h1-4,9-11,13H,5-8,12H2. The lowest BCUT2D eigenvalue weighted by atomic mass is 10.2. The lowest BCUT2D eigenvalue weighted by Gasteiger charge is -2.25. The number of morpholine rings is 1. The fraction of sp³-hybridized carbons (Fsp3) is 0.238. The van der Waals surface area contributed by atoms with E-state index in [0.717, 1.165) is 11.6 Å². The zero-order valence-electron chi connectivity index (χ0n) is 15.4. The molecule has 0 radical (unpaired) electrons. The zero-order valence-corrected chi connectivity index (χ0v) is 16.3. The summed E-state index contributed by atoms with van der Waals surface area (Å²) in [5.74, 6) is -0.896. The van der Waals surface area contributed by atoms with Gasteiger partial charge in [0.2, 0.25) is 0 Å². The number of amides is 1. The Kier molecular flexibility index (Phi) is 5.82. The number of ether oxygens (including phenoxy) is 2. The zero-order chi connectivity index (χ0) is 20.2. The molecule has 1 fully saturated rings. The van der Waals surface area contributed by atoms with E-state index in [-0.39, 0.29) is 12.5 Å². The normalized spacial score (nSPS) is 14.1. The number of hydrogen-bond donors (Lipinski definition) is 0. The highest BCUT2D eigenvalue weighted by Crippen LogP contribution is 2.33. The first-order valence-corrected chi connectivity index (χ1v) is 9.98. The summed E-state index contributed by atoms with van der Waals surface area (Å²) >= 11 is 1.35. The van der Waals surface area contributed by atoms with Crippen LogP contribution in [-0.4, -0.2) is 42.1 Å². The summed E-state index contributed by atoms with van der Waals surface area (Å²) < 4.78 is 37.8. The highest BCUT2D eigenvalue weighted by atomic mass is 32.1. The van der Waals surface area contributed by atoms with Gasteiger partial charge >= 0.3 is 0 Å². The molecule has 1 saturated heterocycles. The maximum Gasteiger partial charge on any atom is 0.273 e. The van der Waals surface area contributed by atoms with Crippen LogP contribution in [0.2, 0.25) is 0 Å². The maximum absolute atomic E-state index is 13.4. The van der Waals surface area contributed by atoms with Gasteiger partial charge < -0.3 is 14.4 Å². The van der Waals surface area contributed by atoms with Gasteiger partial charge in [-0.1, -0.05) is 12.1 Å². The van der Waals surface area contributed by atoms with E-state index in [1.54, 1.807) is 22.4 Å². The van der Waals surface area contributed by atoms with Crippen molar-refractivity contribution in [3.63, 3.8) is 0 Å². The number of benzene rings is 2. The molecule has 3 aromatic rings. The van der Waals surface area contributed by atoms with Crippen molar-refractivity contribution in [2.45, 2.75) is 6.61 Å². The minimum atomic E-state index is -0.650. The Hall–Kier alpha value is -2.84. The summed E-state index contributed by atoms with van der Waals surface area (Å²) in [6, 6.07) is 10.5. The predicted octanol–water partition coefficient (Wildman–Crippen LogP) is 4.14. The molecule has 0 atom stereocenters. The Morgan fingerprint density at radius 2 is 1.86 bits per heavy atom. The molecular formula is C21H18F2N2O3S. The molecule has 0 saturated carbocycles. The Morgan fingerprint density at radius 1 is 1.14 bits per heavy atom. The number of thiazole rings is 1. The summed E-state index contributed by atoms with van der Waals surface area (Å²) in [4.78, 5) is 18.8. The number of nitrogens with zero attached hydrogens (tertiary/aromatic N) is 2. The molecule has 2 aromatic carbocycles. The number of aromatic nitrogens is 1. The predicted molar refractivity (Wildman–Crippen MR) is 105 cm³/mol. The minimum Gasteiger partial charge on any atom is -0.488 e. The minimum absolute atomic E-state index is 0.0105. The number of para-hydroxylation sites is 1. The van der Waals surface area contributed by atoms with Crippen LogP contribution in [0.4, 0.5) is 8.78 Å². The Balaban J connectivity index is 1.52. The van der Waals surface area contributed by atoms with Crippen molar-refractivity contribution >= 4 is 17.2 Å². The van der Waals surface area contributed by atoms with Crippen LogP contribution in [0, 0.1) is 11.6 Å². The lowest BCUT2D eigenvalue weighted by Crippen LogP contribution is -2.40. The van der Waals surface area contributed by atoms with E-state index in [1.165, 1.54) is 23.5 Å². The summed E-state index contributed by atoms with van der Waals surface area (Å²) in [6.07, 6.45) is 0. The van der Waals surface area contributed by atoms with Gasteiger partial charge in [-0.25, -0.2) is 13.8 Å². The van der Waals surface area contributed by atoms with Crippen molar-refractivity contribution in [3.05, 3.63) is 70.7 Å². The number of hydrogen-bond acceptors (Lipinski definition) is 5. The molecule has 1 aliphatic heterocycles. The van der Waals surface area contributed by atoms with Gasteiger partial charge in [-0.2, -0.15) is 0 Å². The van der Waals surface area contributed by atoms with Crippen LogP contribution in [0.5, 0.6) is 5.75 Å². The summed E-state index contributed by atoms with van der Waals surface area (Å²) in [5.41, 5.74) is 1.49. The Bertz CT molecular complexity index is 998. The fourth-order valence-electron chi connectivity index (χ4n) is 3.05. The molecule has 1 aliphatic rings. The van der Waals surface area contributed by atoms with Gasteiger partial charge in [-0.15, -0.1) is 11.3 Å². The molecule has 4 rings (SSSR count). The van der Waals surface area contributed by atoms with Crippen molar-refractivity contribution < 1.29 is 23.0 Å². The van der Waals surface area contributed by atoms with E-state index in [1.807, 2.05) is 12.1 Å². The number of halogens is 2. The second-order valence-corrected chi connectivity index (χ2v) is 7.36. The fourth-order valence-corrected chi connectivity index (χ4v) is 3.87. The van der Waals surface area contributed by atoms with Crippen LogP contribution in [0.1, 0.15) is 16.1 Å². The van der Waals surface area contributed by atoms with E-state index >= 15 is 0 Å². The highest BCUT2D eigenvalue weighted by Gasteiger charge is 2.22. The Morgan fingerprint density at radius 3 is 2.62 bits per heavy atom. The topological polar surface area (TPSA) is 51.7 Å². The molecule has 150 valence electrons. The first-order chi connectivity index (χ1) is 14.1. The van der Waals surface area contributed by atoms with Crippen LogP contribution in [0.15, 0.2) is 47.8 Å². The van der Waals surface area contributed by atoms with Crippen molar-refractivity contribution in [1.29, 1.82) is 0 Å². The molecule has 0 aliphatic carbocycles. The molecule has 1 amide bonds. The van der Waals surface area contributed by atoms with Crippen molar-refractivity contribution in [2.75, 3.05) is 26.3 Å². The third kappa shape index (κ3) is 4.60. The average molecular weight is 416 g/mol. The molecule has 2 heterocycles. The monoisotopic (exact) mass is 416 g/mol. The van der Waals surface area contributed by atoms with Gasteiger partial charge in [0, 0.05) is 24.5 Å². The van der Waals surface area contributed by atoms with Crippen LogP contribution < -0.4 is 4.74 Å². The third-order valence-electron chi connectivity index (χ3n) is 4.46. The van der Waals surface area contributed by atoms with Crippen LogP contribution in [0.3, 0.4) is 0 Å². The number of carbonyl (C=O) groups excluding carboxylic acids is 1. The van der Waals surface area contributed by atoms with E-state index in [4.69, 9.17) is 9.47 Å². The van der Waals surface area contributed by atoms with Gasteiger partial charge in [0.1, 0.15) is 34.7 Å². The molecule has 8 heteroatoms. The van der Waals surface area contributed by atoms with Crippen molar-refractivity contribution in [2.24, 2.45) is 0 Å². The lowest BCUT2D eigenvalue weighted by molar-refractivity contribution is 0.0299. The molecule has 0 unspecified atom stereocenters. The molecule has 0 spiro atoms. The van der Waals surface area contributed by atoms with E-state index in [0.29, 0.717) is 48.3 Å². The first-order valence-electron chi connectivity index (χ1n) is 9.10. The third-order valence-corrected chi connectivity index (χ3v) is 5.33. The van der Waals surface area contributed by atoms with E-state index < -0.39 is 11.6 Å². The molecule has 29 heavy (non-hydrogen) atoms. The summed E-state index contributed by atoms with van der Waals surface area (Å²) in [5, 5.41) is 2.37. The summed E-state index contributed by atoms with van der Waals surface area (Å²) in [7, 11) is 0. The molecule has 0 bridgehead atoms. The second kappa shape index (κ2) is 8.67. The van der Waals surface area contributed by atoms with Gasteiger partial charge in [-0.3, -0.25) is 4.79 Å². The quantitative estimate of drug-likeness (QED) is 0.627. The van der Waals surface area contributed by atoms with Crippen molar-refractivity contribution in [3.8, 4) is 16.3 Å². The molecule has 5 nitrogen and oxygen atoms in total. The average Bonchev–Trinajstić information content (AvgIpc) is 3.22. The van der Waals surface area contributed by atoms with Gasteiger partial charge in [0.15, 0.2) is 0 Å². The number of carbonyl (C=O) groups is 1. The smallest absolute Gasteiger partial charge is 0.273 e. The Labute approximate surface area is 170 Å².